The summed E-state index contributed by atoms with van der Waals surface area (Å²) in [6.07, 6.45) is 0.850. The van der Waals surface area contributed by atoms with E-state index in [0.29, 0.717) is 17.8 Å². The van der Waals surface area contributed by atoms with Gasteiger partial charge in [0.25, 0.3) is 0 Å². The van der Waals surface area contributed by atoms with Crippen LogP contribution in [0.25, 0.3) is 11.1 Å². The van der Waals surface area contributed by atoms with Crippen molar-refractivity contribution in [3.8, 4) is 16.9 Å². The van der Waals surface area contributed by atoms with Crippen LogP contribution in [0.2, 0.25) is 0 Å². The normalized spacial score (nSPS) is 16.8. The maximum Gasteiger partial charge on any atom is 0.128 e. The Hall–Kier alpha value is -1.33. The molecule has 1 nitrogen and oxygen atoms in total. The average Bonchev–Trinajstić information content (AvgIpc) is 3.04. The molecule has 0 amide bonds. The molecule has 2 aromatic carbocycles. The largest absolute Gasteiger partial charge is 0.488 e. The van der Waals surface area contributed by atoms with Crippen molar-refractivity contribution in [2.24, 2.45) is 0 Å². The topological polar surface area (TPSA) is 9.23 Å². The van der Waals surface area contributed by atoms with Gasteiger partial charge in [0.15, 0.2) is 0 Å². The molecule has 3 rings (SSSR count). The van der Waals surface area contributed by atoms with Crippen LogP contribution in [-0.4, -0.2) is 11.5 Å². The maximum absolute atomic E-state index is 6.19. The van der Waals surface area contributed by atoms with E-state index in [4.69, 9.17) is 4.74 Å². The predicted molar refractivity (Wildman–Crippen MR) is 126 cm³/mol. The monoisotopic (exact) mass is 396 g/mol. The van der Waals surface area contributed by atoms with Gasteiger partial charge in [0.1, 0.15) is 12.1 Å². The van der Waals surface area contributed by atoms with Gasteiger partial charge in [-0.15, -0.1) is 0 Å². The van der Waals surface area contributed by atoms with Gasteiger partial charge < -0.3 is 4.74 Å². The van der Waals surface area contributed by atoms with Gasteiger partial charge in [-0.05, 0) is 64.7 Å². The van der Waals surface area contributed by atoms with Gasteiger partial charge in [0.2, 0.25) is 0 Å². The molecule has 0 bridgehead atoms. The van der Waals surface area contributed by atoms with Crippen LogP contribution < -0.4 is 10.0 Å². The van der Waals surface area contributed by atoms with E-state index < -0.39 is 0 Å². The Morgan fingerprint density at radius 1 is 0.857 bits per heavy atom. The van der Waals surface area contributed by atoms with Crippen LogP contribution in [0.4, 0.5) is 0 Å². The molecule has 1 heterocycles. The first-order chi connectivity index (χ1) is 13.0. The van der Waals surface area contributed by atoms with Gasteiger partial charge in [-0.1, -0.05) is 86.6 Å². The molecule has 0 radical (unpaired) electrons. The van der Waals surface area contributed by atoms with Gasteiger partial charge in [0, 0.05) is 5.30 Å². The molecule has 0 N–H and O–H groups in total. The summed E-state index contributed by atoms with van der Waals surface area (Å²) >= 11 is 0. The van der Waals surface area contributed by atoms with Crippen molar-refractivity contribution in [2.75, 3.05) is 6.35 Å². The summed E-state index contributed by atoms with van der Waals surface area (Å²) in [5, 5.41) is 1.72. The Morgan fingerprint density at radius 2 is 1.43 bits per heavy atom. The highest BCUT2D eigenvalue weighted by molar-refractivity contribution is 7.67. The summed E-state index contributed by atoms with van der Waals surface area (Å²) in [7, 11) is -0.352. The molecule has 0 aromatic heterocycles. The standard InChI is InChI=1S/C26H37OP/c1-16(2)19-13-21(17(3)4)24(22(14-19)18(5)6)20-11-10-12-23-25(20)28(15-27-23)26(7,8)9/h10-14,16-18H,15H2,1-9H3/t28-/m0/s1. The molecule has 0 aliphatic carbocycles. The molecule has 1 atom stereocenters. The number of hydrogen-bond donors (Lipinski definition) is 0. The summed E-state index contributed by atoms with van der Waals surface area (Å²) in [6, 6.07) is 11.6. The second-order valence-corrected chi connectivity index (χ2v) is 13.0. The van der Waals surface area contributed by atoms with E-state index in [2.05, 4.69) is 92.6 Å². The van der Waals surface area contributed by atoms with Crippen LogP contribution in [0.3, 0.4) is 0 Å². The first kappa shape index (κ1) is 21.4. The van der Waals surface area contributed by atoms with Crippen LogP contribution in [0, 0.1) is 0 Å². The van der Waals surface area contributed by atoms with E-state index >= 15 is 0 Å². The summed E-state index contributed by atoms with van der Waals surface area (Å²) in [5.74, 6) is 2.63. The van der Waals surface area contributed by atoms with Crippen molar-refractivity contribution in [2.45, 2.75) is 85.2 Å². The summed E-state index contributed by atoms with van der Waals surface area (Å²) in [4.78, 5) is 0. The lowest BCUT2D eigenvalue weighted by Crippen LogP contribution is -2.19. The molecule has 2 heteroatoms. The first-order valence-corrected chi connectivity index (χ1v) is 12.3. The summed E-state index contributed by atoms with van der Waals surface area (Å²) < 4.78 is 6.19. The van der Waals surface area contributed by atoms with Crippen molar-refractivity contribution in [3.63, 3.8) is 0 Å². The van der Waals surface area contributed by atoms with Crippen molar-refractivity contribution in [3.05, 3.63) is 47.0 Å². The molecule has 0 fully saturated rings. The lowest BCUT2D eigenvalue weighted by atomic mass is 9.82. The third kappa shape index (κ3) is 3.88. The van der Waals surface area contributed by atoms with Gasteiger partial charge in [0.05, 0.1) is 0 Å². The molecule has 1 aliphatic rings. The Labute approximate surface area is 173 Å². The van der Waals surface area contributed by atoms with Crippen LogP contribution >= 0.6 is 7.92 Å². The van der Waals surface area contributed by atoms with E-state index in [-0.39, 0.29) is 13.1 Å². The van der Waals surface area contributed by atoms with Crippen LogP contribution in [0.5, 0.6) is 5.75 Å². The first-order valence-electron chi connectivity index (χ1n) is 10.7. The van der Waals surface area contributed by atoms with Crippen LogP contribution in [0.15, 0.2) is 30.3 Å². The van der Waals surface area contributed by atoms with Crippen LogP contribution in [0.1, 0.15) is 96.8 Å². The zero-order chi connectivity index (χ0) is 20.8. The lowest BCUT2D eigenvalue weighted by molar-refractivity contribution is 0.400. The number of fused-ring (bicyclic) bond motifs is 1. The molecular weight excluding hydrogens is 359 g/mol. The maximum atomic E-state index is 6.19. The van der Waals surface area contributed by atoms with E-state index in [9.17, 15) is 0 Å². The van der Waals surface area contributed by atoms with Gasteiger partial charge in [-0.2, -0.15) is 0 Å². The fourth-order valence-corrected chi connectivity index (χ4v) is 6.45. The van der Waals surface area contributed by atoms with Gasteiger partial charge in [-0.25, -0.2) is 0 Å². The lowest BCUT2D eigenvalue weighted by Gasteiger charge is -2.29. The average molecular weight is 397 g/mol. The molecule has 1 aliphatic heterocycles. The Kier molecular flexibility index (Phi) is 5.98. The third-order valence-electron chi connectivity index (χ3n) is 5.83. The molecule has 152 valence electrons. The van der Waals surface area contributed by atoms with Gasteiger partial charge >= 0.3 is 0 Å². The molecule has 28 heavy (non-hydrogen) atoms. The van der Waals surface area contributed by atoms with Crippen molar-refractivity contribution >= 4 is 13.2 Å². The van der Waals surface area contributed by atoms with Crippen LogP contribution in [-0.2, 0) is 0 Å². The fourth-order valence-electron chi connectivity index (χ4n) is 4.11. The fraction of sp³-hybridized carbons (Fsp3) is 0.538. The minimum absolute atomic E-state index is 0.241. The molecule has 0 unspecified atom stereocenters. The summed E-state index contributed by atoms with van der Waals surface area (Å²) in [5.41, 5.74) is 7.31. The van der Waals surface area contributed by atoms with Crippen molar-refractivity contribution in [1.82, 2.24) is 0 Å². The van der Waals surface area contributed by atoms with Crippen molar-refractivity contribution in [1.29, 1.82) is 0 Å². The van der Waals surface area contributed by atoms with Gasteiger partial charge in [-0.3, -0.25) is 0 Å². The molecule has 0 saturated carbocycles. The quantitative estimate of drug-likeness (QED) is 0.476. The zero-order valence-electron chi connectivity index (χ0n) is 19.2. The number of ether oxygens (including phenoxy) is 1. The number of benzene rings is 2. The SMILES string of the molecule is CC(C)c1cc(C(C)C)c(-c2cccc3c2[P@@](C(C)(C)C)CO3)c(C(C)C)c1. The highest BCUT2D eigenvalue weighted by atomic mass is 31.1. The molecule has 0 saturated heterocycles. The second kappa shape index (κ2) is 7.83. The highest BCUT2D eigenvalue weighted by Gasteiger charge is 2.36. The van der Waals surface area contributed by atoms with Crippen molar-refractivity contribution < 1.29 is 4.74 Å². The Morgan fingerprint density at radius 3 is 1.89 bits per heavy atom. The summed E-state index contributed by atoms with van der Waals surface area (Å²) in [6.45, 7) is 21.0. The number of hydrogen-bond acceptors (Lipinski definition) is 1. The predicted octanol–water partition coefficient (Wildman–Crippen LogP) is 7.98. The van der Waals surface area contributed by atoms with E-state index in [1.54, 1.807) is 0 Å². The number of rotatable bonds is 4. The van der Waals surface area contributed by atoms with E-state index in [0.717, 1.165) is 12.1 Å². The van der Waals surface area contributed by atoms with E-state index in [1.165, 1.54) is 33.1 Å². The van der Waals surface area contributed by atoms with E-state index in [1.807, 2.05) is 0 Å². The second-order valence-electron chi connectivity index (χ2n) is 10.1. The zero-order valence-corrected chi connectivity index (χ0v) is 20.1. The highest BCUT2D eigenvalue weighted by Crippen LogP contribution is 2.56. The third-order valence-corrected chi connectivity index (χ3v) is 8.84. The minimum atomic E-state index is -0.352. The molecule has 0 spiro atoms. The molecular formula is C26H37OP. The Balaban J connectivity index is 2.36. The smallest absolute Gasteiger partial charge is 0.128 e. The molecule has 2 aromatic rings. The Bertz CT molecular complexity index is 826. The minimum Gasteiger partial charge on any atom is -0.488 e.